The van der Waals surface area contributed by atoms with Crippen LogP contribution in [0.3, 0.4) is 0 Å². The lowest BCUT2D eigenvalue weighted by Gasteiger charge is -2.15. The summed E-state index contributed by atoms with van der Waals surface area (Å²) in [5.74, 6) is 0.442. The highest BCUT2D eigenvalue weighted by molar-refractivity contribution is 5.76. The first-order chi connectivity index (χ1) is 9.54. The lowest BCUT2D eigenvalue weighted by Crippen LogP contribution is -2.26. The van der Waals surface area contributed by atoms with Gasteiger partial charge in [-0.15, -0.1) is 0 Å². The number of carbonyl (C=O) groups excluding carboxylic acids is 1. The van der Waals surface area contributed by atoms with Crippen LogP contribution in [-0.2, 0) is 17.8 Å². The van der Waals surface area contributed by atoms with Crippen molar-refractivity contribution in [2.45, 2.75) is 26.3 Å². The quantitative estimate of drug-likeness (QED) is 0.843. The number of amides is 1. The molecule has 0 aliphatic heterocycles. The number of nitrogens with zero attached hydrogens (tertiary/aromatic N) is 2. The lowest BCUT2D eigenvalue weighted by atomic mass is 10.1. The van der Waals surface area contributed by atoms with Crippen LogP contribution in [0.5, 0.6) is 0 Å². The molecule has 0 aliphatic carbocycles. The van der Waals surface area contributed by atoms with Crippen LogP contribution in [0, 0.1) is 12.7 Å². The van der Waals surface area contributed by atoms with Crippen molar-refractivity contribution in [3.05, 3.63) is 53.2 Å². The zero-order valence-electron chi connectivity index (χ0n) is 11.6. The third kappa shape index (κ3) is 3.91. The van der Waals surface area contributed by atoms with Gasteiger partial charge in [0.2, 0.25) is 5.91 Å². The van der Waals surface area contributed by atoms with Gasteiger partial charge in [0.15, 0.2) is 0 Å². The molecular formula is C15H17FN2O2. The van der Waals surface area contributed by atoms with Crippen LogP contribution in [0.1, 0.15) is 23.4 Å². The zero-order valence-corrected chi connectivity index (χ0v) is 11.6. The SMILES string of the molecule is Cc1cc(CN(C)C(=O)CCc2cccc(F)c2)no1. The van der Waals surface area contributed by atoms with Gasteiger partial charge < -0.3 is 9.42 Å². The molecule has 4 nitrogen and oxygen atoms in total. The molecule has 2 aromatic rings. The standard InChI is InChI=1S/C15H17FN2O2/c1-11-8-14(17-20-11)10-18(2)15(19)7-6-12-4-3-5-13(16)9-12/h3-5,8-9H,6-7,10H2,1-2H3. The Labute approximate surface area is 117 Å². The number of benzene rings is 1. The average molecular weight is 276 g/mol. The lowest BCUT2D eigenvalue weighted by molar-refractivity contribution is -0.130. The Morgan fingerprint density at radius 3 is 2.85 bits per heavy atom. The molecule has 5 heteroatoms. The highest BCUT2D eigenvalue weighted by atomic mass is 19.1. The summed E-state index contributed by atoms with van der Waals surface area (Å²) in [7, 11) is 1.72. The maximum Gasteiger partial charge on any atom is 0.222 e. The summed E-state index contributed by atoms with van der Waals surface area (Å²) in [6.45, 7) is 2.22. The topological polar surface area (TPSA) is 46.3 Å². The van der Waals surface area contributed by atoms with Gasteiger partial charge in [-0.1, -0.05) is 17.3 Å². The van der Waals surface area contributed by atoms with Crippen molar-refractivity contribution in [1.82, 2.24) is 10.1 Å². The molecule has 0 fully saturated rings. The van der Waals surface area contributed by atoms with Gasteiger partial charge in [-0.25, -0.2) is 4.39 Å². The van der Waals surface area contributed by atoms with Crippen LogP contribution in [-0.4, -0.2) is 23.0 Å². The Morgan fingerprint density at radius 2 is 2.20 bits per heavy atom. The van der Waals surface area contributed by atoms with E-state index in [2.05, 4.69) is 5.16 Å². The Hall–Kier alpha value is -2.17. The molecule has 0 radical (unpaired) electrons. The van der Waals surface area contributed by atoms with Crippen LogP contribution < -0.4 is 0 Å². The van der Waals surface area contributed by atoms with Crippen molar-refractivity contribution in [3.63, 3.8) is 0 Å². The van der Waals surface area contributed by atoms with Gasteiger partial charge in [0.1, 0.15) is 17.3 Å². The first kappa shape index (κ1) is 14.2. The molecule has 0 atom stereocenters. The van der Waals surface area contributed by atoms with Crippen molar-refractivity contribution in [2.24, 2.45) is 0 Å². The highest BCUT2D eigenvalue weighted by Gasteiger charge is 2.11. The summed E-state index contributed by atoms with van der Waals surface area (Å²) in [6, 6.07) is 8.11. The number of aromatic nitrogens is 1. The van der Waals surface area contributed by atoms with Crippen molar-refractivity contribution < 1.29 is 13.7 Å². The predicted molar refractivity (Wildman–Crippen MR) is 72.4 cm³/mol. The van der Waals surface area contributed by atoms with E-state index in [0.29, 0.717) is 19.4 Å². The van der Waals surface area contributed by atoms with Crippen molar-refractivity contribution in [1.29, 1.82) is 0 Å². The third-order valence-corrected chi connectivity index (χ3v) is 3.02. The van der Waals surface area contributed by atoms with Crippen molar-refractivity contribution in [3.8, 4) is 0 Å². The molecule has 0 unspecified atom stereocenters. The molecule has 1 heterocycles. The van der Waals surface area contributed by atoms with Gasteiger partial charge in [0, 0.05) is 19.5 Å². The summed E-state index contributed by atoms with van der Waals surface area (Å²) in [6.07, 6.45) is 0.871. The molecular weight excluding hydrogens is 259 g/mol. The number of rotatable bonds is 5. The Morgan fingerprint density at radius 1 is 1.40 bits per heavy atom. The second-order valence-electron chi connectivity index (χ2n) is 4.81. The van der Waals surface area contributed by atoms with Crippen LogP contribution in [0.15, 0.2) is 34.9 Å². The van der Waals surface area contributed by atoms with E-state index < -0.39 is 0 Å². The maximum absolute atomic E-state index is 13.0. The highest BCUT2D eigenvalue weighted by Crippen LogP contribution is 2.09. The number of hydrogen-bond acceptors (Lipinski definition) is 3. The minimum atomic E-state index is -0.277. The van der Waals surface area contributed by atoms with Crippen molar-refractivity contribution in [2.75, 3.05) is 7.05 Å². The van der Waals surface area contributed by atoms with E-state index >= 15 is 0 Å². The summed E-state index contributed by atoms with van der Waals surface area (Å²) in [5.41, 5.74) is 1.55. The molecule has 20 heavy (non-hydrogen) atoms. The molecule has 2 rings (SSSR count). The molecule has 0 aliphatic rings. The van der Waals surface area contributed by atoms with E-state index in [1.165, 1.54) is 12.1 Å². The number of aryl methyl sites for hydroxylation is 2. The van der Waals surface area contributed by atoms with Gasteiger partial charge in [0.25, 0.3) is 0 Å². The van der Waals surface area contributed by atoms with E-state index in [1.54, 1.807) is 24.1 Å². The molecule has 0 N–H and O–H groups in total. The summed E-state index contributed by atoms with van der Waals surface area (Å²) >= 11 is 0. The van der Waals surface area contributed by atoms with E-state index in [-0.39, 0.29) is 11.7 Å². The van der Waals surface area contributed by atoms with Gasteiger partial charge in [-0.05, 0) is 31.0 Å². The summed E-state index contributed by atoms with van der Waals surface area (Å²) in [5, 5.41) is 3.85. The normalized spacial score (nSPS) is 10.6. The molecule has 0 saturated carbocycles. The molecule has 1 aromatic heterocycles. The molecule has 106 valence electrons. The van der Waals surface area contributed by atoms with Gasteiger partial charge in [-0.2, -0.15) is 0 Å². The second-order valence-corrected chi connectivity index (χ2v) is 4.81. The maximum atomic E-state index is 13.0. The van der Waals surface area contributed by atoms with Gasteiger partial charge >= 0.3 is 0 Å². The number of halogens is 1. The van der Waals surface area contributed by atoms with Gasteiger partial charge in [-0.3, -0.25) is 4.79 Å². The minimum absolute atomic E-state index is 0.00471. The monoisotopic (exact) mass is 276 g/mol. The first-order valence-electron chi connectivity index (χ1n) is 6.45. The molecule has 0 saturated heterocycles. The Balaban J connectivity index is 1.85. The molecule has 1 aromatic carbocycles. The fraction of sp³-hybridized carbons (Fsp3) is 0.333. The van der Waals surface area contributed by atoms with Crippen LogP contribution in [0.4, 0.5) is 4.39 Å². The second kappa shape index (κ2) is 6.32. The van der Waals surface area contributed by atoms with Crippen LogP contribution in [0.25, 0.3) is 0 Å². The third-order valence-electron chi connectivity index (χ3n) is 3.02. The average Bonchev–Trinajstić information content (AvgIpc) is 2.81. The zero-order chi connectivity index (χ0) is 14.5. The molecule has 1 amide bonds. The van der Waals surface area contributed by atoms with Crippen LogP contribution >= 0.6 is 0 Å². The first-order valence-corrected chi connectivity index (χ1v) is 6.45. The molecule has 0 spiro atoms. The van der Waals surface area contributed by atoms with Gasteiger partial charge in [0.05, 0.1) is 6.54 Å². The van der Waals surface area contributed by atoms with E-state index in [9.17, 15) is 9.18 Å². The van der Waals surface area contributed by atoms with E-state index in [1.807, 2.05) is 13.0 Å². The largest absolute Gasteiger partial charge is 0.361 e. The fourth-order valence-electron chi connectivity index (χ4n) is 1.96. The predicted octanol–water partition coefficient (Wildman–Crippen LogP) is 2.71. The number of carbonyl (C=O) groups is 1. The van der Waals surface area contributed by atoms with Crippen molar-refractivity contribution >= 4 is 5.91 Å². The smallest absolute Gasteiger partial charge is 0.222 e. The Bertz CT molecular complexity index is 595. The van der Waals surface area contributed by atoms with E-state index in [4.69, 9.17) is 4.52 Å². The van der Waals surface area contributed by atoms with Crippen LogP contribution in [0.2, 0.25) is 0 Å². The van der Waals surface area contributed by atoms with E-state index in [0.717, 1.165) is 17.0 Å². The summed E-state index contributed by atoms with van der Waals surface area (Å²) in [4.78, 5) is 13.6. The molecule has 0 bridgehead atoms. The minimum Gasteiger partial charge on any atom is -0.361 e. The summed E-state index contributed by atoms with van der Waals surface area (Å²) < 4.78 is 18.0. The Kier molecular flexibility index (Phi) is 4.50. The number of hydrogen-bond donors (Lipinski definition) is 0. The fourth-order valence-corrected chi connectivity index (χ4v) is 1.96.